The predicted octanol–water partition coefficient (Wildman–Crippen LogP) is 0.297. The summed E-state index contributed by atoms with van der Waals surface area (Å²) < 4.78 is 0. The zero-order chi connectivity index (χ0) is 18.8. The smallest absolute Gasteiger partial charge is 0.189 e. The van der Waals surface area contributed by atoms with Crippen LogP contribution < -0.4 is 22.5 Å². The molecule has 138 valence electrons. The number of carbonyl (C=O) groups is 2. The molecule has 0 saturated heterocycles. The zero-order valence-electron chi connectivity index (χ0n) is 15.3. The molecule has 8 nitrogen and oxygen atoms in total. The third kappa shape index (κ3) is 9.81. The lowest BCUT2D eigenvalue weighted by atomic mass is 9.95. The molecule has 0 aliphatic rings. The van der Waals surface area contributed by atoms with Crippen LogP contribution in [-0.4, -0.2) is 42.1 Å². The van der Waals surface area contributed by atoms with Gasteiger partial charge >= 0.3 is 0 Å². The topological polar surface area (TPSA) is 149 Å². The Morgan fingerprint density at radius 3 is 2.17 bits per heavy atom. The van der Waals surface area contributed by atoms with Gasteiger partial charge in [-0.3, -0.25) is 19.6 Å². The van der Waals surface area contributed by atoms with Gasteiger partial charge in [0.05, 0.1) is 5.54 Å². The van der Waals surface area contributed by atoms with Gasteiger partial charge in [-0.15, -0.1) is 0 Å². The van der Waals surface area contributed by atoms with Gasteiger partial charge in [0.2, 0.25) is 0 Å². The summed E-state index contributed by atoms with van der Waals surface area (Å²) in [5, 5.41) is 2.92. The van der Waals surface area contributed by atoms with Gasteiger partial charge in [0.25, 0.3) is 0 Å². The van der Waals surface area contributed by atoms with Crippen LogP contribution in [0.25, 0.3) is 0 Å². The van der Waals surface area contributed by atoms with Gasteiger partial charge in [-0.05, 0) is 26.7 Å². The molecule has 0 aromatic carbocycles. The third-order valence-corrected chi connectivity index (χ3v) is 3.53. The minimum absolute atomic E-state index is 0.00800. The summed E-state index contributed by atoms with van der Waals surface area (Å²) in [4.78, 5) is 31.8. The van der Waals surface area contributed by atoms with E-state index in [4.69, 9.17) is 17.2 Å². The number of carbonyl (C=O) groups excluding carboxylic acids is 2. The fourth-order valence-corrected chi connectivity index (χ4v) is 1.92. The Bertz CT molecular complexity index is 479. The quantitative estimate of drug-likeness (QED) is 0.241. The molecule has 0 aromatic rings. The first-order valence-corrected chi connectivity index (χ1v) is 8.25. The van der Waals surface area contributed by atoms with Gasteiger partial charge in [0.15, 0.2) is 17.7 Å². The normalized spacial score (nSPS) is 12.1. The summed E-state index contributed by atoms with van der Waals surface area (Å²) in [5.74, 6) is 0.395. The lowest BCUT2D eigenvalue weighted by molar-refractivity contribution is -0.124. The van der Waals surface area contributed by atoms with Gasteiger partial charge in [0, 0.05) is 31.8 Å². The molecule has 0 bridgehead atoms. The van der Waals surface area contributed by atoms with Crippen LogP contribution in [0.5, 0.6) is 0 Å². The molecule has 0 aromatic heterocycles. The Kier molecular flexibility index (Phi) is 9.68. The van der Waals surface area contributed by atoms with Crippen molar-refractivity contribution in [2.24, 2.45) is 33.1 Å². The number of hydrogen-bond donors (Lipinski definition) is 4. The molecule has 24 heavy (non-hydrogen) atoms. The molecular weight excluding hydrogens is 308 g/mol. The molecule has 0 unspecified atom stereocenters. The first-order chi connectivity index (χ1) is 11.1. The number of nitrogens with zero attached hydrogens (tertiary/aromatic N) is 2. The highest BCUT2D eigenvalue weighted by molar-refractivity contribution is 5.92. The van der Waals surface area contributed by atoms with Crippen molar-refractivity contribution < 1.29 is 9.59 Å². The number of hydrogen-bond acceptors (Lipinski definition) is 4. The summed E-state index contributed by atoms with van der Waals surface area (Å²) in [5.41, 5.74) is 15.5. The maximum absolute atomic E-state index is 12.3. The van der Waals surface area contributed by atoms with Crippen molar-refractivity contribution in [3.63, 3.8) is 0 Å². The molecule has 8 heteroatoms. The van der Waals surface area contributed by atoms with E-state index in [0.717, 1.165) is 6.42 Å². The van der Waals surface area contributed by atoms with E-state index in [2.05, 4.69) is 15.3 Å². The SMILES string of the molecule is CC(C)C(=O)CCN=C(N)NC(C)(C)C(=O)CCCCN=C(N)N. The number of ketones is 2. The standard InChI is InChI=1S/C16H32N6O2/c1-11(2)12(23)8-10-21-15(19)22-16(3,4)13(24)7-5-6-9-20-14(17)18/h11H,5-10H2,1-4H3,(H4,17,18,20)(H3,19,21,22). The number of unbranched alkanes of at least 4 members (excludes halogenated alkanes) is 1. The van der Waals surface area contributed by atoms with Crippen molar-refractivity contribution in [1.29, 1.82) is 0 Å². The fraction of sp³-hybridized carbons (Fsp3) is 0.750. The molecule has 0 rings (SSSR count). The van der Waals surface area contributed by atoms with E-state index in [1.807, 2.05) is 13.8 Å². The molecule has 0 aliphatic carbocycles. The second-order valence-electron chi connectivity index (χ2n) is 6.57. The van der Waals surface area contributed by atoms with Crippen LogP contribution in [0.1, 0.15) is 53.4 Å². The number of nitrogens with two attached hydrogens (primary N) is 3. The highest BCUT2D eigenvalue weighted by Gasteiger charge is 2.27. The zero-order valence-corrected chi connectivity index (χ0v) is 15.3. The lowest BCUT2D eigenvalue weighted by Crippen LogP contribution is -2.52. The van der Waals surface area contributed by atoms with Crippen LogP contribution in [0.3, 0.4) is 0 Å². The molecule has 0 spiro atoms. The van der Waals surface area contributed by atoms with Crippen molar-refractivity contribution in [3.05, 3.63) is 0 Å². The Labute approximate surface area is 144 Å². The molecule has 7 N–H and O–H groups in total. The highest BCUT2D eigenvalue weighted by atomic mass is 16.1. The fourth-order valence-electron chi connectivity index (χ4n) is 1.92. The van der Waals surface area contributed by atoms with Crippen molar-refractivity contribution in [2.75, 3.05) is 13.1 Å². The summed E-state index contributed by atoms with van der Waals surface area (Å²) in [7, 11) is 0. The van der Waals surface area contributed by atoms with Gasteiger partial charge < -0.3 is 22.5 Å². The van der Waals surface area contributed by atoms with Crippen LogP contribution in [0, 0.1) is 5.92 Å². The maximum atomic E-state index is 12.3. The first-order valence-electron chi connectivity index (χ1n) is 8.25. The Morgan fingerprint density at radius 1 is 1.00 bits per heavy atom. The average molecular weight is 340 g/mol. The van der Waals surface area contributed by atoms with E-state index in [1.54, 1.807) is 13.8 Å². The van der Waals surface area contributed by atoms with Gasteiger partial charge in [-0.1, -0.05) is 13.8 Å². The Morgan fingerprint density at radius 2 is 1.62 bits per heavy atom. The number of guanidine groups is 2. The summed E-state index contributed by atoms with van der Waals surface area (Å²) in [6.07, 6.45) is 2.18. The second-order valence-corrected chi connectivity index (χ2v) is 6.57. The predicted molar refractivity (Wildman–Crippen MR) is 97.7 cm³/mol. The van der Waals surface area contributed by atoms with E-state index in [9.17, 15) is 9.59 Å². The van der Waals surface area contributed by atoms with Crippen molar-refractivity contribution >= 4 is 23.5 Å². The minimum atomic E-state index is -0.814. The average Bonchev–Trinajstić information content (AvgIpc) is 2.45. The van der Waals surface area contributed by atoms with Crippen LogP contribution >= 0.6 is 0 Å². The van der Waals surface area contributed by atoms with E-state index in [-0.39, 0.29) is 29.4 Å². The van der Waals surface area contributed by atoms with E-state index in [0.29, 0.717) is 32.4 Å². The summed E-state index contributed by atoms with van der Waals surface area (Å²) >= 11 is 0. The molecule has 0 heterocycles. The van der Waals surface area contributed by atoms with Crippen LogP contribution in [-0.2, 0) is 9.59 Å². The van der Waals surface area contributed by atoms with E-state index >= 15 is 0 Å². The molecule has 0 amide bonds. The maximum Gasteiger partial charge on any atom is 0.189 e. The second kappa shape index (κ2) is 10.6. The van der Waals surface area contributed by atoms with Crippen LogP contribution in [0.4, 0.5) is 0 Å². The highest BCUT2D eigenvalue weighted by Crippen LogP contribution is 2.10. The minimum Gasteiger partial charge on any atom is -0.370 e. The lowest BCUT2D eigenvalue weighted by Gasteiger charge is -2.25. The number of nitrogens with one attached hydrogen (secondary N) is 1. The Balaban J connectivity index is 4.27. The molecule has 0 atom stereocenters. The van der Waals surface area contributed by atoms with Crippen LogP contribution in [0.2, 0.25) is 0 Å². The van der Waals surface area contributed by atoms with Crippen molar-refractivity contribution in [2.45, 2.75) is 58.9 Å². The molecule has 0 saturated carbocycles. The van der Waals surface area contributed by atoms with Crippen molar-refractivity contribution in [3.8, 4) is 0 Å². The number of Topliss-reactive ketones (excluding diaryl/α,β-unsaturated/α-hetero) is 2. The van der Waals surface area contributed by atoms with Gasteiger partial charge in [0.1, 0.15) is 5.78 Å². The number of rotatable bonds is 11. The number of aliphatic imine (C=N–C) groups is 2. The van der Waals surface area contributed by atoms with E-state index < -0.39 is 5.54 Å². The summed E-state index contributed by atoms with van der Waals surface area (Å²) in [6, 6.07) is 0. The van der Waals surface area contributed by atoms with E-state index in [1.165, 1.54) is 0 Å². The summed E-state index contributed by atoms with van der Waals surface area (Å²) in [6.45, 7) is 8.04. The third-order valence-electron chi connectivity index (χ3n) is 3.53. The first kappa shape index (κ1) is 21.9. The van der Waals surface area contributed by atoms with Gasteiger partial charge in [-0.25, -0.2) is 0 Å². The van der Waals surface area contributed by atoms with Crippen LogP contribution in [0.15, 0.2) is 9.98 Å². The molecule has 0 fully saturated rings. The monoisotopic (exact) mass is 340 g/mol. The van der Waals surface area contributed by atoms with Crippen molar-refractivity contribution in [1.82, 2.24) is 5.32 Å². The molecule has 0 aliphatic heterocycles. The molecule has 0 radical (unpaired) electrons. The largest absolute Gasteiger partial charge is 0.370 e. The van der Waals surface area contributed by atoms with Gasteiger partial charge in [-0.2, -0.15) is 0 Å². The molecular formula is C16H32N6O2. The Hall–Kier alpha value is -2.12.